The fraction of sp³-hybridized carbons (Fsp3) is 0.280. The zero-order valence-corrected chi connectivity index (χ0v) is 18.7. The Bertz CT molecular complexity index is 1320. The molecule has 8 heteroatoms. The van der Waals surface area contributed by atoms with Crippen molar-refractivity contribution in [1.82, 2.24) is 9.78 Å². The Morgan fingerprint density at radius 1 is 0.909 bits per heavy atom. The van der Waals surface area contributed by atoms with E-state index >= 15 is 0 Å². The standard InChI is InChI=1S/C25H25N3O5/c1-31-18-13-20(33-3)19(32-2)12-15(18)21-22-16(10-7-11-17(22)29)26-24-23(21)25(30)28(27-24)14-8-5-4-6-9-14/h4-6,8-9,12-13,21,26-27H,7,10-11H2,1-3H3/t21-/m1/s1. The Morgan fingerprint density at radius 3 is 2.30 bits per heavy atom. The Balaban J connectivity index is 1.79. The Morgan fingerprint density at radius 2 is 1.61 bits per heavy atom. The van der Waals surface area contributed by atoms with Gasteiger partial charge in [-0.05, 0) is 31.0 Å². The number of carbonyl (C=O) groups is 1. The van der Waals surface area contributed by atoms with Gasteiger partial charge in [0.05, 0.1) is 38.5 Å². The Hall–Kier alpha value is -3.94. The van der Waals surface area contributed by atoms with Gasteiger partial charge in [0.2, 0.25) is 0 Å². The van der Waals surface area contributed by atoms with E-state index in [1.807, 2.05) is 30.3 Å². The molecule has 1 aliphatic carbocycles. The van der Waals surface area contributed by atoms with Crippen molar-refractivity contribution in [3.63, 3.8) is 0 Å². The lowest BCUT2D eigenvalue weighted by Crippen LogP contribution is -2.30. The van der Waals surface area contributed by atoms with Crippen molar-refractivity contribution in [3.05, 3.63) is 75.2 Å². The molecule has 2 heterocycles. The minimum atomic E-state index is -0.604. The fourth-order valence-electron chi connectivity index (χ4n) is 4.79. The molecule has 170 valence electrons. The van der Waals surface area contributed by atoms with E-state index in [9.17, 15) is 9.59 Å². The number of aromatic amines is 1. The highest BCUT2D eigenvalue weighted by molar-refractivity contribution is 6.01. The van der Waals surface area contributed by atoms with Crippen molar-refractivity contribution < 1.29 is 19.0 Å². The molecule has 3 aromatic rings. The van der Waals surface area contributed by atoms with Gasteiger partial charge in [0.1, 0.15) is 11.6 Å². The highest BCUT2D eigenvalue weighted by Crippen LogP contribution is 2.48. The number of H-pyrrole nitrogens is 1. The third-order valence-electron chi connectivity index (χ3n) is 6.30. The smallest absolute Gasteiger partial charge is 0.277 e. The van der Waals surface area contributed by atoms with Gasteiger partial charge in [-0.2, -0.15) is 0 Å². The molecule has 0 saturated carbocycles. The summed E-state index contributed by atoms with van der Waals surface area (Å²) in [6.07, 6.45) is 1.93. The first kappa shape index (κ1) is 20.9. The summed E-state index contributed by atoms with van der Waals surface area (Å²) in [6.45, 7) is 0. The van der Waals surface area contributed by atoms with Crippen molar-refractivity contribution in [2.75, 3.05) is 26.6 Å². The molecule has 1 aliphatic heterocycles. The van der Waals surface area contributed by atoms with E-state index < -0.39 is 5.92 Å². The number of fused-ring (bicyclic) bond motifs is 1. The van der Waals surface area contributed by atoms with Crippen molar-refractivity contribution in [2.24, 2.45) is 0 Å². The molecule has 0 spiro atoms. The molecule has 0 bridgehead atoms. The lowest BCUT2D eigenvalue weighted by molar-refractivity contribution is -0.116. The van der Waals surface area contributed by atoms with Crippen LogP contribution >= 0.6 is 0 Å². The summed E-state index contributed by atoms with van der Waals surface area (Å²) < 4.78 is 18.2. The fourth-order valence-corrected chi connectivity index (χ4v) is 4.79. The summed E-state index contributed by atoms with van der Waals surface area (Å²) in [5.41, 5.74) is 3.07. The zero-order chi connectivity index (χ0) is 23.1. The van der Waals surface area contributed by atoms with Gasteiger partial charge >= 0.3 is 0 Å². The molecule has 2 aliphatic rings. The van der Waals surface area contributed by atoms with Crippen molar-refractivity contribution in [3.8, 4) is 22.9 Å². The Labute approximate surface area is 190 Å². The molecule has 2 N–H and O–H groups in total. The number of anilines is 1. The van der Waals surface area contributed by atoms with E-state index in [4.69, 9.17) is 14.2 Å². The largest absolute Gasteiger partial charge is 0.496 e. The van der Waals surface area contributed by atoms with E-state index in [0.717, 1.165) is 18.5 Å². The maximum absolute atomic E-state index is 13.7. The van der Waals surface area contributed by atoms with Crippen LogP contribution < -0.4 is 25.1 Å². The highest BCUT2D eigenvalue weighted by Gasteiger charge is 2.40. The van der Waals surface area contributed by atoms with E-state index in [2.05, 4.69) is 10.4 Å². The van der Waals surface area contributed by atoms with Crippen LogP contribution in [-0.2, 0) is 4.79 Å². The third-order valence-corrected chi connectivity index (χ3v) is 6.30. The molecule has 0 unspecified atom stereocenters. The van der Waals surface area contributed by atoms with Crippen LogP contribution in [0.1, 0.15) is 36.3 Å². The van der Waals surface area contributed by atoms with E-state index in [-0.39, 0.29) is 11.3 Å². The average Bonchev–Trinajstić information content (AvgIpc) is 3.18. The molecule has 5 rings (SSSR count). The van der Waals surface area contributed by atoms with Gasteiger partial charge in [0, 0.05) is 29.3 Å². The summed E-state index contributed by atoms with van der Waals surface area (Å²) in [5, 5.41) is 6.54. The van der Waals surface area contributed by atoms with Crippen molar-refractivity contribution in [1.29, 1.82) is 0 Å². The number of rotatable bonds is 5. The van der Waals surface area contributed by atoms with Crippen LogP contribution in [0, 0.1) is 0 Å². The van der Waals surface area contributed by atoms with E-state index in [0.29, 0.717) is 51.9 Å². The quantitative estimate of drug-likeness (QED) is 0.619. The second kappa shape index (κ2) is 8.20. The molecule has 0 fully saturated rings. The molecule has 0 amide bonds. The summed E-state index contributed by atoms with van der Waals surface area (Å²) in [7, 11) is 4.66. The van der Waals surface area contributed by atoms with Crippen molar-refractivity contribution in [2.45, 2.75) is 25.2 Å². The number of nitrogens with one attached hydrogen (secondary N) is 2. The summed E-state index contributed by atoms with van der Waals surface area (Å²) in [5.74, 6) is 1.53. The van der Waals surface area contributed by atoms with Crippen LogP contribution in [-0.4, -0.2) is 36.9 Å². The van der Waals surface area contributed by atoms with Crippen LogP contribution in [0.4, 0.5) is 5.82 Å². The predicted octanol–water partition coefficient (Wildman–Crippen LogP) is 3.76. The number of Topliss-reactive ketones (excluding diaryl/α,β-unsaturated/α-hetero) is 1. The topological polar surface area (TPSA) is 94.6 Å². The predicted molar refractivity (Wildman–Crippen MR) is 124 cm³/mol. The molecule has 0 saturated heterocycles. The lowest BCUT2D eigenvalue weighted by atomic mass is 9.76. The molecular weight excluding hydrogens is 422 g/mol. The number of ether oxygens (including phenoxy) is 3. The van der Waals surface area contributed by atoms with Crippen LogP contribution in [0.5, 0.6) is 17.2 Å². The maximum Gasteiger partial charge on any atom is 0.277 e. The number of methoxy groups -OCH3 is 3. The summed E-state index contributed by atoms with van der Waals surface area (Å²) in [6, 6.07) is 12.9. The van der Waals surface area contributed by atoms with E-state index in [1.165, 1.54) is 4.68 Å². The molecule has 1 aromatic heterocycles. The monoisotopic (exact) mass is 447 g/mol. The van der Waals surface area contributed by atoms with Gasteiger partial charge in [-0.25, -0.2) is 4.68 Å². The van der Waals surface area contributed by atoms with Gasteiger partial charge in [-0.3, -0.25) is 14.7 Å². The molecule has 1 atom stereocenters. The van der Waals surface area contributed by atoms with Gasteiger partial charge in [0.15, 0.2) is 17.3 Å². The minimum absolute atomic E-state index is 0.0306. The summed E-state index contributed by atoms with van der Waals surface area (Å²) >= 11 is 0. The highest BCUT2D eigenvalue weighted by atomic mass is 16.5. The number of benzene rings is 2. The zero-order valence-electron chi connectivity index (χ0n) is 18.7. The van der Waals surface area contributed by atoms with Gasteiger partial charge < -0.3 is 19.5 Å². The van der Waals surface area contributed by atoms with Gasteiger partial charge in [0.25, 0.3) is 5.56 Å². The second-order valence-corrected chi connectivity index (χ2v) is 8.05. The molecular formula is C25H25N3O5. The van der Waals surface area contributed by atoms with Gasteiger partial charge in [-0.1, -0.05) is 18.2 Å². The van der Waals surface area contributed by atoms with Crippen molar-refractivity contribution >= 4 is 11.6 Å². The number of carbonyl (C=O) groups excluding carboxylic acids is 1. The first-order valence-corrected chi connectivity index (χ1v) is 10.8. The number of aromatic nitrogens is 2. The van der Waals surface area contributed by atoms with Crippen LogP contribution in [0.2, 0.25) is 0 Å². The van der Waals surface area contributed by atoms with Crippen LogP contribution in [0.25, 0.3) is 5.69 Å². The normalized spacial score (nSPS) is 17.2. The Kier molecular flexibility index (Phi) is 5.20. The number of hydrogen-bond acceptors (Lipinski definition) is 6. The first-order valence-electron chi connectivity index (χ1n) is 10.8. The molecule has 0 radical (unpaired) electrons. The van der Waals surface area contributed by atoms with Crippen LogP contribution in [0.15, 0.2) is 58.5 Å². The van der Waals surface area contributed by atoms with E-state index in [1.54, 1.807) is 33.5 Å². The molecule has 2 aromatic carbocycles. The second-order valence-electron chi connectivity index (χ2n) is 8.05. The first-order chi connectivity index (χ1) is 16.1. The number of para-hydroxylation sites is 1. The van der Waals surface area contributed by atoms with Crippen LogP contribution in [0.3, 0.4) is 0 Å². The molecule has 8 nitrogen and oxygen atoms in total. The number of hydrogen-bond donors (Lipinski definition) is 2. The maximum atomic E-state index is 13.7. The summed E-state index contributed by atoms with van der Waals surface area (Å²) in [4.78, 5) is 26.9. The number of nitrogens with zero attached hydrogens (tertiary/aromatic N) is 1. The SMILES string of the molecule is COc1cc(OC)c([C@@H]2C3=C(CCCC3=O)Nc3[nH]n(-c4ccccc4)c(=O)c32)cc1OC. The lowest BCUT2D eigenvalue weighted by Gasteiger charge is -2.32. The minimum Gasteiger partial charge on any atom is -0.496 e. The number of ketones is 1. The molecule has 33 heavy (non-hydrogen) atoms. The number of allylic oxidation sites excluding steroid dienone is 2. The third kappa shape index (κ3) is 3.29. The average molecular weight is 447 g/mol. The van der Waals surface area contributed by atoms with Gasteiger partial charge in [-0.15, -0.1) is 0 Å².